The number of aliphatic imine (C=N–C) groups is 1. The van der Waals surface area contributed by atoms with Crippen molar-refractivity contribution >= 4 is 11.9 Å². The van der Waals surface area contributed by atoms with Crippen LogP contribution in [0.25, 0.3) is 0 Å². The lowest BCUT2D eigenvalue weighted by Gasteiger charge is -2.31. The summed E-state index contributed by atoms with van der Waals surface area (Å²) in [5.74, 6) is 1.79. The van der Waals surface area contributed by atoms with Crippen LogP contribution >= 0.6 is 0 Å². The van der Waals surface area contributed by atoms with Crippen LogP contribution in [0, 0.1) is 12.3 Å². The van der Waals surface area contributed by atoms with E-state index in [0.717, 1.165) is 56.4 Å². The summed E-state index contributed by atoms with van der Waals surface area (Å²) in [4.78, 5) is 18.9. The summed E-state index contributed by atoms with van der Waals surface area (Å²) in [6, 6.07) is 6.26. The zero-order valence-electron chi connectivity index (χ0n) is 19.5. The second-order valence-corrected chi connectivity index (χ2v) is 9.02. The molecule has 2 N–H and O–H groups in total. The van der Waals surface area contributed by atoms with Crippen LogP contribution in [0.4, 0.5) is 0 Å². The van der Waals surface area contributed by atoms with Crippen molar-refractivity contribution in [1.82, 2.24) is 15.5 Å². The minimum Gasteiger partial charge on any atom is -0.491 e. The number of carbonyl (C=O) groups excluding carboxylic acids is 1. The van der Waals surface area contributed by atoms with E-state index >= 15 is 0 Å². The molecule has 1 aliphatic carbocycles. The molecule has 1 saturated heterocycles. The maximum absolute atomic E-state index is 12.8. The topological polar surface area (TPSA) is 75.2 Å². The molecule has 0 radical (unpaired) electrons. The molecule has 0 bridgehead atoms. The highest BCUT2D eigenvalue weighted by molar-refractivity contribution is 5.85. The van der Waals surface area contributed by atoms with Gasteiger partial charge in [-0.15, -0.1) is 0 Å². The van der Waals surface area contributed by atoms with Crippen LogP contribution in [0.2, 0.25) is 0 Å². The monoisotopic (exact) mass is 430 g/mol. The number of nitrogens with zero attached hydrogens (tertiary/aromatic N) is 2. The normalized spacial score (nSPS) is 20.5. The summed E-state index contributed by atoms with van der Waals surface area (Å²) >= 11 is 0. The largest absolute Gasteiger partial charge is 0.491 e. The number of rotatable bonds is 8. The van der Waals surface area contributed by atoms with Crippen LogP contribution < -0.4 is 15.4 Å². The van der Waals surface area contributed by atoms with Gasteiger partial charge in [-0.3, -0.25) is 9.79 Å². The van der Waals surface area contributed by atoms with Gasteiger partial charge in [-0.25, -0.2) is 0 Å². The van der Waals surface area contributed by atoms with Crippen LogP contribution in [-0.4, -0.2) is 63.8 Å². The van der Waals surface area contributed by atoms with E-state index in [-0.39, 0.29) is 17.4 Å². The van der Waals surface area contributed by atoms with Crippen molar-refractivity contribution in [2.75, 3.05) is 40.9 Å². The minimum absolute atomic E-state index is 0.188. The molecule has 1 atom stereocenters. The number of hydrogen-bond acceptors (Lipinski definition) is 4. The predicted molar refractivity (Wildman–Crippen MR) is 123 cm³/mol. The molecule has 31 heavy (non-hydrogen) atoms. The number of hydrogen-bond donors (Lipinski definition) is 2. The van der Waals surface area contributed by atoms with Gasteiger partial charge in [-0.05, 0) is 44.2 Å². The van der Waals surface area contributed by atoms with E-state index in [1.54, 1.807) is 11.9 Å². The number of aryl methyl sites for hydroxylation is 1. The molecule has 1 aromatic rings. The number of benzene rings is 1. The molecule has 7 nitrogen and oxygen atoms in total. The van der Waals surface area contributed by atoms with Gasteiger partial charge < -0.3 is 25.0 Å². The van der Waals surface area contributed by atoms with Gasteiger partial charge in [-0.2, -0.15) is 0 Å². The van der Waals surface area contributed by atoms with E-state index in [1.165, 1.54) is 5.56 Å². The van der Waals surface area contributed by atoms with E-state index < -0.39 is 0 Å². The number of amides is 1. The molecule has 1 aliphatic heterocycles. The van der Waals surface area contributed by atoms with Gasteiger partial charge in [0.25, 0.3) is 0 Å². The molecular weight excluding hydrogens is 392 g/mol. The van der Waals surface area contributed by atoms with E-state index in [4.69, 9.17) is 9.47 Å². The lowest BCUT2D eigenvalue weighted by molar-refractivity contribution is -0.138. The molecule has 1 saturated carbocycles. The average molecular weight is 431 g/mol. The molecule has 2 fully saturated rings. The van der Waals surface area contributed by atoms with Crippen LogP contribution in [0.5, 0.6) is 5.75 Å². The highest BCUT2D eigenvalue weighted by Crippen LogP contribution is 2.38. The molecule has 1 heterocycles. The molecule has 2 aliphatic rings. The van der Waals surface area contributed by atoms with Crippen LogP contribution in [-0.2, 0) is 16.1 Å². The Kier molecular flexibility index (Phi) is 8.18. The van der Waals surface area contributed by atoms with Gasteiger partial charge >= 0.3 is 0 Å². The SMILES string of the molecule is CN=C(NCc1ccc(C)cc1OCC1CCCO1)NCC1(C(=O)N(C)C)CCCC1. The number of ether oxygens (including phenoxy) is 2. The van der Waals surface area contributed by atoms with Crippen LogP contribution in [0.1, 0.15) is 49.7 Å². The lowest BCUT2D eigenvalue weighted by atomic mass is 9.84. The van der Waals surface area contributed by atoms with Crippen molar-refractivity contribution in [2.45, 2.75) is 58.1 Å². The zero-order valence-corrected chi connectivity index (χ0v) is 19.5. The van der Waals surface area contributed by atoms with E-state index in [2.05, 4.69) is 40.7 Å². The van der Waals surface area contributed by atoms with Gasteiger partial charge in [0.1, 0.15) is 12.4 Å². The molecule has 7 heteroatoms. The Bertz CT molecular complexity index is 766. The van der Waals surface area contributed by atoms with Crippen molar-refractivity contribution in [3.8, 4) is 5.75 Å². The Hall–Kier alpha value is -2.28. The summed E-state index contributed by atoms with van der Waals surface area (Å²) < 4.78 is 11.8. The highest BCUT2D eigenvalue weighted by atomic mass is 16.5. The van der Waals surface area contributed by atoms with Gasteiger partial charge in [0.05, 0.1) is 11.5 Å². The molecule has 0 aromatic heterocycles. The Morgan fingerprint density at radius 2 is 2.03 bits per heavy atom. The second-order valence-electron chi connectivity index (χ2n) is 9.02. The van der Waals surface area contributed by atoms with Gasteiger partial charge in [0.2, 0.25) is 5.91 Å². The molecule has 1 amide bonds. The molecule has 1 aromatic carbocycles. The Morgan fingerprint density at radius 3 is 2.68 bits per heavy atom. The molecule has 1 unspecified atom stereocenters. The smallest absolute Gasteiger partial charge is 0.230 e. The fourth-order valence-electron chi connectivity index (χ4n) is 4.55. The predicted octanol–water partition coefficient (Wildman–Crippen LogP) is 2.87. The van der Waals surface area contributed by atoms with Gasteiger partial charge in [-0.1, -0.05) is 25.0 Å². The van der Waals surface area contributed by atoms with E-state index in [9.17, 15) is 4.79 Å². The van der Waals surface area contributed by atoms with Crippen molar-refractivity contribution < 1.29 is 14.3 Å². The fourth-order valence-corrected chi connectivity index (χ4v) is 4.55. The van der Waals surface area contributed by atoms with Crippen molar-refractivity contribution in [3.63, 3.8) is 0 Å². The maximum atomic E-state index is 12.8. The Balaban J connectivity index is 1.58. The van der Waals surface area contributed by atoms with Crippen molar-refractivity contribution in [1.29, 1.82) is 0 Å². The van der Waals surface area contributed by atoms with Crippen LogP contribution in [0.15, 0.2) is 23.2 Å². The second kappa shape index (κ2) is 10.8. The lowest BCUT2D eigenvalue weighted by Crippen LogP contribution is -2.49. The third-order valence-electron chi connectivity index (χ3n) is 6.36. The Morgan fingerprint density at radius 1 is 1.26 bits per heavy atom. The third-order valence-corrected chi connectivity index (χ3v) is 6.36. The van der Waals surface area contributed by atoms with Gasteiger partial charge in [0.15, 0.2) is 5.96 Å². The molecular formula is C24H38N4O3. The first kappa shape index (κ1) is 23.4. The minimum atomic E-state index is -0.333. The van der Waals surface area contributed by atoms with Crippen molar-refractivity contribution in [3.05, 3.63) is 29.3 Å². The average Bonchev–Trinajstić information content (AvgIpc) is 3.45. The summed E-state index contributed by atoms with van der Waals surface area (Å²) in [5.41, 5.74) is 1.91. The molecule has 0 spiro atoms. The van der Waals surface area contributed by atoms with Crippen molar-refractivity contribution in [2.24, 2.45) is 10.4 Å². The zero-order chi connectivity index (χ0) is 22.3. The summed E-state index contributed by atoms with van der Waals surface area (Å²) in [7, 11) is 5.43. The first-order chi connectivity index (χ1) is 14.9. The van der Waals surface area contributed by atoms with Crippen LogP contribution in [0.3, 0.4) is 0 Å². The molecule has 3 rings (SSSR count). The summed E-state index contributed by atoms with van der Waals surface area (Å²) in [5, 5.41) is 6.78. The Labute approximate surface area is 186 Å². The highest BCUT2D eigenvalue weighted by Gasteiger charge is 2.42. The molecule has 172 valence electrons. The summed E-state index contributed by atoms with van der Waals surface area (Å²) in [6.45, 7) is 4.67. The first-order valence-electron chi connectivity index (χ1n) is 11.4. The maximum Gasteiger partial charge on any atom is 0.230 e. The van der Waals surface area contributed by atoms with Gasteiger partial charge in [0, 0.05) is 46.4 Å². The number of guanidine groups is 1. The number of carbonyl (C=O) groups is 1. The summed E-state index contributed by atoms with van der Waals surface area (Å²) in [6.07, 6.45) is 6.40. The van der Waals surface area contributed by atoms with E-state index in [0.29, 0.717) is 25.7 Å². The third kappa shape index (κ3) is 6.12. The quantitative estimate of drug-likeness (QED) is 0.490. The standard InChI is InChI=1S/C24H38N4O3/c1-18-9-10-19(21(14-18)31-16-20-8-7-13-30-20)15-26-23(25-2)27-17-24(11-5-6-12-24)22(29)28(3)4/h9-10,14,20H,5-8,11-13,15-17H2,1-4H3,(H2,25,26,27). The fraction of sp³-hybridized carbons (Fsp3) is 0.667. The number of nitrogens with one attached hydrogen (secondary N) is 2. The van der Waals surface area contributed by atoms with E-state index in [1.807, 2.05) is 14.1 Å². The first-order valence-corrected chi connectivity index (χ1v) is 11.4.